The Morgan fingerprint density at radius 1 is 1.23 bits per heavy atom. The van der Waals surface area contributed by atoms with Crippen molar-refractivity contribution in [2.75, 3.05) is 18.2 Å². The topological polar surface area (TPSA) is 150 Å². The molecular formula is C27H24N8O3S. The number of hydrogen-bond acceptors (Lipinski definition) is 9. The van der Waals surface area contributed by atoms with Crippen molar-refractivity contribution < 1.29 is 9.53 Å². The van der Waals surface area contributed by atoms with Crippen molar-refractivity contribution in [2.24, 2.45) is 4.99 Å². The molecule has 39 heavy (non-hydrogen) atoms. The quantitative estimate of drug-likeness (QED) is 0.166. The van der Waals surface area contributed by atoms with Gasteiger partial charge in [0.25, 0.3) is 11.5 Å². The van der Waals surface area contributed by atoms with Crippen LogP contribution in [0.3, 0.4) is 0 Å². The van der Waals surface area contributed by atoms with Gasteiger partial charge in [-0.15, -0.1) is 0 Å². The second-order valence-corrected chi connectivity index (χ2v) is 9.56. The van der Waals surface area contributed by atoms with Crippen molar-refractivity contribution in [1.82, 2.24) is 24.8 Å². The van der Waals surface area contributed by atoms with E-state index in [9.17, 15) is 14.9 Å². The summed E-state index contributed by atoms with van der Waals surface area (Å²) in [6.07, 6.45) is 3.41. The van der Waals surface area contributed by atoms with E-state index < -0.39 is 11.7 Å². The molecule has 1 atom stereocenters. The molecule has 0 spiro atoms. The first-order chi connectivity index (χ1) is 19.1. The molecule has 5 rings (SSSR count). The first kappa shape index (κ1) is 25.7. The summed E-state index contributed by atoms with van der Waals surface area (Å²) >= 11 is 1.39. The summed E-state index contributed by atoms with van der Waals surface area (Å²) in [5.41, 5.74) is 1.61. The van der Waals surface area contributed by atoms with E-state index >= 15 is 0 Å². The lowest BCUT2D eigenvalue weighted by molar-refractivity contribution is 0.0937. The number of thioether (sulfide) groups is 1. The number of imidazole rings is 1. The van der Waals surface area contributed by atoms with Crippen LogP contribution >= 0.6 is 11.8 Å². The van der Waals surface area contributed by atoms with Crippen LogP contribution in [0.5, 0.6) is 5.75 Å². The van der Waals surface area contributed by atoms with Crippen molar-refractivity contribution in [1.29, 1.82) is 5.26 Å². The van der Waals surface area contributed by atoms with Crippen LogP contribution in [0.15, 0.2) is 75.9 Å². The number of nitrogens with zero attached hydrogens (tertiary/aromatic N) is 5. The number of aryl methyl sites for hydroxylation is 1. The Morgan fingerprint density at radius 3 is 2.87 bits per heavy atom. The molecular weight excluding hydrogens is 516 g/mol. The average Bonchev–Trinajstić information content (AvgIpc) is 3.39. The summed E-state index contributed by atoms with van der Waals surface area (Å²) in [6.45, 7) is 0.638. The molecule has 1 amide bonds. The molecule has 0 bridgehead atoms. The van der Waals surface area contributed by atoms with Crippen molar-refractivity contribution >= 4 is 29.8 Å². The Bertz CT molecular complexity index is 1620. The van der Waals surface area contributed by atoms with Crippen molar-refractivity contribution in [3.8, 4) is 23.1 Å². The average molecular weight is 541 g/mol. The Hall–Kier alpha value is -4.89. The van der Waals surface area contributed by atoms with E-state index in [-0.39, 0.29) is 11.5 Å². The zero-order valence-corrected chi connectivity index (χ0v) is 21.7. The molecule has 2 aromatic carbocycles. The molecule has 4 aromatic rings. The summed E-state index contributed by atoms with van der Waals surface area (Å²) < 4.78 is 7.22. The zero-order chi connectivity index (χ0) is 27.2. The summed E-state index contributed by atoms with van der Waals surface area (Å²) in [6, 6.07) is 18.0. The number of methoxy groups -OCH3 is 1. The lowest BCUT2D eigenvalue weighted by Gasteiger charge is -2.19. The number of rotatable bonds is 9. The number of nitriles is 1. The minimum absolute atomic E-state index is 0.0423. The van der Waals surface area contributed by atoms with Gasteiger partial charge in [-0.25, -0.2) is 15.0 Å². The predicted octanol–water partition coefficient (Wildman–Crippen LogP) is 3.58. The smallest absolute Gasteiger partial charge is 0.270 e. The van der Waals surface area contributed by atoms with Crippen LogP contribution in [0.4, 0.5) is 5.82 Å². The Kier molecular flexibility index (Phi) is 7.70. The number of amides is 1. The molecule has 3 heterocycles. The molecule has 1 unspecified atom stereocenters. The highest BCUT2D eigenvalue weighted by Crippen LogP contribution is 2.28. The summed E-state index contributed by atoms with van der Waals surface area (Å²) in [7, 11) is 1.55. The van der Waals surface area contributed by atoms with E-state index in [1.165, 1.54) is 11.8 Å². The van der Waals surface area contributed by atoms with Crippen LogP contribution in [0.2, 0.25) is 0 Å². The van der Waals surface area contributed by atoms with Crippen LogP contribution < -0.4 is 20.9 Å². The number of aliphatic imine (C=N–C) groups is 1. The van der Waals surface area contributed by atoms with Crippen molar-refractivity contribution in [3.05, 3.63) is 88.1 Å². The van der Waals surface area contributed by atoms with Gasteiger partial charge >= 0.3 is 0 Å². The highest BCUT2D eigenvalue weighted by Gasteiger charge is 2.24. The molecule has 196 valence electrons. The summed E-state index contributed by atoms with van der Waals surface area (Å²) in [4.78, 5) is 41.2. The number of aromatic amines is 1. The fourth-order valence-electron chi connectivity index (χ4n) is 4.08. The van der Waals surface area contributed by atoms with Gasteiger partial charge in [0.1, 0.15) is 28.9 Å². The maximum absolute atomic E-state index is 12.6. The van der Waals surface area contributed by atoms with Gasteiger partial charge < -0.3 is 24.9 Å². The number of benzene rings is 2. The fraction of sp³-hybridized carbons (Fsp3) is 0.185. The lowest BCUT2D eigenvalue weighted by atomic mass is 10.1. The van der Waals surface area contributed by atoms with Gasteiger partial charge in [0.15, 0.2) is 11.3 Å². The normalized spacial score (nSPS) is 13.7. The Balaban J connectivity index is 1.23. The van der Waals surface area contributed by atoms with Gasteiger partial charge in [-0.05, 0) is 30.7 Å². The molecule has 0 saturated carbocycles. The molecule has 11 nitrogen and oxygen atoms in total. The molecule has 12 heteroatoms. The van der Waals surface area contributed by atoms with Crippen molar-refractivity contribution in [3.63, 3.8) is 0 Å². The molecule has 0 fully saturated rings. The van der Waals surface area contributed by atoms with Crippen LogP contribution in [-0.2, 0) is 6.54 Å². The number of carbonyl (C=O) groups is 1. The first-order valence-electron chi connectivity index (χ1n) is 12.1. The number of ether oxygens (including phenoxy) is 1. The maximum atomic E-state index is 12.6. The highest BCUT2D eigenvalue weighted by atomic mass is 32.2. The summed E-state index contributed by atoms with van der Waals surface area (Å²) in [5, 5.41) is 16.0. The van der Waals surface area contributed by atoms with Gasteiger partial charge in [0, 0.05) is 23.4 Å². The third-order valence-corrected chi connectivity index (χ3v) is 6.95. The van der Waals surface area contributed by atoms with Gasteiger partial charge in [-0.2, -0.15) is 5.26 Å². The Morgan fingerprint density at radius 2 is 2.08 bits per heavy atom. The fourth-order valence-corrected chi connectivity index (χ4v) is 4.87. The third kappa shape index (κ3) is 5.68. The Labute approximate surface area is 228 Å². The molecule has 2 aromatic heterocycles. The standard InChI is InChI=1S/C27H24N8O3S/c1-38-19-10-5-9-18(13-19)21-20(14-28)26(37)34-27(32-21)39-12-6-11-35-16-31-22-23(29-15-30-24(22)35)33-25(36)17-7-3-2-4-8-17/h2-5,7-10,13,15-16,23H,6,11-12H2,1H3,(H,29,30)(H,33,36)(H,32,34,37). The maximum Gasteiger partial charge on any atom is 0.270 e. The van der Waals surface area contributed by atoms with Crippen molar-refractivity contribution in [2.45, 2.75) is 24.3 Å². The molecule has 0 saturated heterocycles. The highest BCUT2D eigenvalue weighted by molar-refractivity contribution is 7.99. The molecule has 1 aliphatic rings. The van der Waals surface area contributed by atoms with Crippen LogP contribution in [0.25, 0.3) is 11.3 Å². The van der Waals surface area contributed by atoms with Crippen LogP contribution in [-0.4, -0.2) is 44.6 Å². The second kappa shape index (κ2) is 11.7. The summed E-state index contributed by atoms with van der Waals surface area (Å²) in [5.74, 6) is 1.80. The van der Waals surface area contributed by atoms with E-state index in [1.807, 2.05) is 16.7 Å². The van der Waals surface area contributed by atoms with Gasteiger partial charge in [0.05, 0.1) is 25.5 Å². The molecule has 0 aliphatic carbocycles. The number of hydrogen-bond donors (Lipinski definition) is 3. The minimum Gasteiger partial charge on any atom is -0.497 e. The van der Waals surface area contributed by atoms with Crippen LogP contribution in [0.1, 0.15) is 34.2 Å². The monoisotopic (exact) mass is 540 g/mol. The second-order valence-electron chi connectivity index (χ2n) is 8.48. The first-order valence-corrected chi connectivity index (χ1v) is 13.1. The minimum atomic E-state index is -0.590. The van der Waals surface area contributed by atoms with E-state index in [4.69, 9.17) is 4.74 Å². The number of fused-ring (bicyclic) bond motifs is 1. The molecule has 1 aliphatic heterocycles. The molecule has 0 radical (unpaired) electrons. The van der Waals surface area contributed by atoms with Gasteiger partial charge in [-0.1, -0.05) is 42.1 Å². The number of H-pyrrole nitrogens is 1. The van der Waals surface area contributed by atoms with E-state index in [0.29, 0.717) is 45.7 Å². The largest absolute Gasteiger partial charge is 0.497 e. The SMILES string of the molecule is COc1cccc(-c2nc(SCCCn3cnc4c3NC=NC4NC(=O)c3ccccc3)[nH]c(=O)c2C#N)c1. The lowest BCUT2D eigenvalue weighted by Crippen LogP contribution is -2.30. The number of nitrogens with one attached hydrogen (secondary N) is 3. The predicted molar refractivity (Wildman–Crippen MR) is 148 cm³/mol. The number of anilines is 1. The zero-order valence-electron chi connectivity index (χ0n) is 20.9. The van der Waals surface area contributed by atoms with Gasteiger partial charge in [0.2, 0.25) is 0 Å². The van der Waals surface area contributed by atoms with E-state index in [1.54, 1.807) is 68.3 Å². The third-order valence-electron chi connectivity index (χ3n) is 5.99. The van der Waals surface area contributed by atoms with Gasteiger partial charge in [-0.3, -0.25) is 9.59 Å². The number of aromatic nitrogens is 4. The number of carbonyl (C=O) groups excluding carboxylic acids is 1. The van der Waals surface area contributed by atoms with Crippen LogP contribution in [0, 0.1) is 11.3 Å². The molecule has 3 N–H and O–H groups in total. The van der Waals surface area contributed by atoms with E-state index in [0.717, 1.165) is 12.2 Å². The van der Waals surface area contributed by atoms with E-state index in [2.05, 4.69) is 30.6 Å².